The Morgan fingerprint density at radius 2 is 2.50 bits per heavy atom. The van der Waals surface area contributed by atoms with Gasteiger partial charge in [-0.2, -0.15) is 15.4 Å². The monoisotopic (exact) mass is 209 g/mol. The molecule has 2 rings (SSSR count). The molecule has 14 heavy (non-hydrogen) atoms. The van der Waals surface area contributed by atoms with Crippen LogP contribution in [0.5, 0.6) is 0 Å². The summed E-state index contributed by atoms with van der Waals surface area (Å²) in [7, 11) is 0. The number of nitrogens with one attached hydrogen (secondary N) is 2. The number of carbonyl (C=O) groups excluding carboxylic acids is 1. The third kappa shape index (κ3) is 1.94. The second-order valence-electron chi connectivity index (χ2n) is 2.51. The standard InChI is InChI=1S/C7H7N5OS/c13-7(6-3-10-12-11-6)9-2-5-1-8-4-14-5/h1,3-4H,2H2,(H,9,13)(H,10,11,12). The van der Waals surface area contributed by atoms with Crippen molar-refractivity contribution in [1.29, 1.82) is 0 Å². The number of carbonyl (C=O) groups is 1. The highest BCUT2D eigenvalue weighted by Crippen LogP contribution is 2.04. The van der Waals surface area contributed by atoms with Gasteiger partial charge in [-0.25, -0.2) is 0 Å². The van der Waals surface area contributed by atoms with Crippen molar-refractivity contribution in [2.75, 3.05) is 0 Å². The van der Waals surface area contributed by atoms with E-state index in [0.29, 0.717) is 6.54 Å². The maximum absolute atomic E-state index is 11.4. The van der Waals surface area contributed by atoms with Gasteiger partial charge in [-0.15, -0.1) is 11.3 Å². The average Bonchev–Trinajstić information content (AvgIpc) is 2.87. The van der Waals surface area contributed by atoms with Gasteiger partial charge in [0.15, 0.2) is 5.69 Å². The number of thiazole rings is 1. The molecule has 7 heteroatoms. The Kier molecular flexibility index (Phi) is 2.50. The van der Waals surface area contributed by atoms with Gasteiger partial charge >= 0.3 is 0 Å². The van der Waals surface area contributed by atoms with E-state index in [1.807, 2.05) is 0 Å². The van der Waals surface area contributed by atoms with Crippen LogP contribution in [0.1, 0.15) is 15.4 Å². The first-order chi connectivity index (χ1) is 6.86. The molecule has 72 valence electrons. The van der Waals surface area contributed by atoms with Crippen LogP contribution in [0.3, 0.4) is 0 Å². The number of aromatic nitrogens is 4. The highest BCUT2D eigenvalue weighted by atomic mass is 32.1. The summed E-state index contributed by atoms with van der Waals surface area (Å²) in [6.45, 7) is 0.469. The highest BCUT2D eigenvalue weighted by molar-refractivity contribution is 7.09. The minimum Gasteiger partial charge on any atom is -0.346 e. The molecule has 0 aromatic carbocycles. The molecule has 2 heterocycles. The van der Waals surface area contributed by atoms with Gasteiger partial charge in [-0.05, 0) is 0 Å². The third-order valence-electron chi connectivity index (χ3n) is 1.55. The number of rotatable bonds is 3. The van der Waals surface area contributed by atoms with E-state index in [4.69, 9.17) is 0 Å². The van der Waals surface area contributed by atoms with Gasteiger partial charge in [0.2, 0.25) is 0 Å². The maximum atomic E-state index is 11.4. The lowest BCUT2D eigenvalue weighted by Crippen LogP contribution is -2.22. The largest absolute Gasteiger partial charge is 0.346 e. The van der Waals surface area contributed by atoms with Crippen LogP contribution in [-0.4, -0.2) is 26.3 Å². The molecule has 0 atom stereocenters. The molecule has 6 nitrogen and oxygen atoms in total. The fourth-order valence-corrected chi connectivity index (χ4v) is 1.43. The summed E-state index contributed by atoms with van der Waals surface area (Å²) in [6, 6.07) is 0. The van der Waals surface area contributed by atoms with Crippen LogP contribution in [0, 0.1) is 0 Å². The zero-order valence-corrected chi connectivity index (χ0v) is 7.91. The quantitative estimate of drug-likeness (QED) is 0.755. The number of hydrogen-bond acceptors (Lipinski definition) is 5. The molecule has 0 unspecified atom stereocenters. The first-order valence-corrected chi connectivity index (χ1v) is 4.75. The van der Waals surface area contributed by atoms with E-state index in [0.717, 1.165) is 4.88 Å². The normalized spacial score (nSPS) is 10.0. The number of H-pyrrole nitrogens is 1. The van der Waals surface area contributed by atoms with E-state index in [1.54, 1.807) is 11.7 Å². The fraction of sp³-hybridized carbons (Fsp3) is 0.143. The van der Waals surface area contributed by atoms with Gasteiger partial charge in [0.25, 0.3) is 5.91 Å². The molecule has 2 aromatic rings. The molecule has 0 spiro atoms. The Morgan fingerprint density at radius 3 is 3.14 bits per heavy atom. The molecule has 0 aliphatic rings. The Balaban J connectivity index is 1.90. The molecule has 1 amide bonds. The minimum atomic E-state index is -0.243. The van der Waals surface area contributed by atoms with E-state index >= 15 is 0 Å². The summed E-state index contributed by atoms with van der Waals surface area (Å²) in [5.41, 5.74) is 2.01. The average molecular weight is 209 g/mol. The number of amides is 1. The van der Waals surface area contributed by atoms with Gasteiger partial charge in [-0.3, -0.25) is 9.78 Å². The number of hydrogen-bond donors (Lipinski definition) is 2. The molecule has 0 bridgehead atoms. The van der Waals surface area contributed by atoms with Gasteiger partial charge in [0.05, 0.1) is 18.3 Å². The molecule has 0 aliphatic heterocycles. The predicted molar refractivity (Wildman–Crippen MR) is 49.7 cm³/mol. The van der Waals surface area contributed by atoms with E-state index in [9.17, 15) is 4.79 Å². The first kappa shape index (κ1) is 8.82. The number of nitrogens with zero attached hydrogens (tertiary/aromatic N) is 3. The van der Waals surface area contributed by atoms with E-state index in [-0.39, 0.29) is 11.6 Å². The smallest absolute Gasteiger partial charge is 0.273 e. The van der Waals surface area contributed by atoms with E-state index in [2.05, 4.69) is 25.7 Å². The lowest BCUT2D eigenvalue weighted by atomic mass is 10.4. The van der Waals surface area contributed by atoms with Crippen molar-refractivity contribution < 1.29 is 4.79 Å². The van der Waals surface area contributed by atoms with Crippen LogP contribution in [-0.2, 0) is 6.54 Å². The minimum absolute atomic E-state index is 0.243. The lowest BCUT2D eigenvalue weighted by molar-refractivity contribution is 0.0946. The third-order valence-corrected chi connectivity index (χ3v) is 2.33. The van der Waals surface area contributed by atoms with Gasteiger partial charge in [0, 0.05) is 11.1 Å². The van der Waals surface area contributed by atoms with Crippen molar-refractivity contribution in [2.24, 2.45) is 0 Å². The first-order valence-electron chi connectivity index (χ1n) is 3.87. The molecule has 2 N–H and O–H groups in total. The van der Waals surface area contributed by atoms with Crippen LogP contribution in [0.2, 0.25) is 0 Å². The Hall–Kier alpha value is -1.76. The molecule has 0 saturated carbocycles. The molecule has 2 aromatic heterocycles. The molecule has 0 radical (unpaired) electrons. The van der Waals surface area contributed by atoms with Crippen LogP contribution in [0.25, 0.3) is 0 Å². The second-order valence-corrected chi connectivity index (χ2v) is 3.48. The molecular weight excluding hydrogens is 202 g/mol. The highest BCUT2D eigenvalue weighted by Gasteiger charge is 2.07. The Labute approximate surface area is 83.4 Å². The summed E-state index contributed by atoms with van der Waals surface area (Å²) < 4.78 is 0. The summed E-state index contributed by atoms with van der Waals surface area (Å²) in [6.07, 6.45) is 3.09. The van der Waals surface area contributed by atoms with Crippen molar-refractivity contribution in [3.8, 4) is 0 Å². The van der Waals surface area contributed by atoms with Crippen molar-refractivity contribution in [1.82, 2.24) is 25.7 Å². The van der Waals surface area contributed by atoms with Crippen molar-refractivity contribution in [2.45, 2.75) is 6.54 Å². The van der Waals surface area contributed by atoms with Crippen LogP contribution < -0.4 is 5.32 Å². The molecule has 0 fully saturated rings. The number of aromatic amines is 1. The maximum Gasteiger partial charge on any atom is 0.273 e. The lowest BCUT2D eigenvalue weighted by Gasteiger charge is -1.98. The summed E-state index contributed by atoms with van der Waals surface area (Å²) in [5.74, 6) is -0.243. The summed E-state index contributed by atoms with van der Waals surface area (Å²) >= 11 is 1.49. The van der Waals surface area contributed by atoms with Gasteiger partial charge < -0.3 is 5.32 Å². The predicted octanol–water partition coefficient (Wildman–Crippen LogP) is 0.191. The Bertz CT molecular complexity index is 396. The van der Waals surface area contributed by atoms with Crippen molar-refractivity contribution in [3.05, 3.63) is 28.5 Å². The summed E-state index contributed by atoms with van der Waals surface area (Å²) in [4.78, 5) is 16.2. The topological polar surface area (TPSA) is 83.6 Å². The van der Waals surface area contributed by atoms with E-state index < -0.39 is 0 Å². The van der Waals surface area contributed by atoms with E-state index in [1.165, 1.54) is 17.5 Å². The van der Waals surface area contributed by atoms with Crippen LogP contribution >= 0.6 is 11.3 Å². The molecular formula is C7H7N5OS. The van der Waals surface area contributed by atoms with Crippen molar-refractivity contribution >= 4 is 17.2 Å². The molecule has 0 saturated heterocycles. The fourth-order valence-electron chi connectivity index (χ4n) is 0.898. The second kappa shape index (κ2) is 3.97. The van der Waals surface area contributed by atoms with Crippen LogP contribution in [0.4, 0.5) is 0 Å². The molecule has 0 aliphatic carbocycles. The SMILES string of the molecule is O=C(NCc1cncs1)c1cn[nH]n1. The van der Waals surface area contributed by atoms with Gasteiger partial charge in [-0.1, -0.05) is 0 Å². The van der Waals surface area contributed by atoms with Gasteiger partial charge in [0.1, 0.15) is 0 Å². The zero-order valence-electron chi connectivity index (χ0n) is 7.10. The zero-order chi connectivity index (χ0) is 9.80. The Morgan fingerprint density at radius 1 is 1.57 bits per heavy atom. The van der Waals surface area contributed by atoms with Crippen molar-refractivity contribution in [3.63, 3.8) is 0 Å². The summed E-state index contributed by atoms with van der Waals surface area (Å²) in [5, 5.41) is 12.3. The van der Waals surface area contributed by atoms with Crippen LogP contribution in [0.15, 0.2) is 17.9 Å².